The molecule has 10 heavy (non-hydrogen) atoms. The van der Waals surface area contributed by atoms with Crippen LogP contribution in [0.25, 0.3) is 0 Å². The lowest BCUT2D eigenvalue weighted by molar-refractivity contribution is -0.120. The van der Waals surface area contributed by atoms with Crippen molar-refractivity contribution in [3.8, 4) is 0 Å². The van der Waals surface area contributed by atoms with Crippen LogP contribution < -0.4 is 0 Å². The number of carbonyl (C=O) groups excluding carboxylic acids is 1. The summed E-state index contributed by atoms with van der Waals surface area (Å²) in [6, 6.07) is 0. The van der Waals surface area contributed by atoms with Crippen LogP contribution in [0.4, 0.5) is 0 Å². The van der Waals surface area contributed by atoms with E-state index in [0.717, 1.165) is 19.3 Å². The largest absolute Gasteiger partial charge is 0.299 e. The number of ketones is 1. The van der Waals surface area contributed by atoms with Crippen molar-refractivity contribution < 1.29 is 4.79 Å². The summed E-state index contributed by atoms with van der Waals surface area (Å²) in [6.07, 6.45) is 4.25. The van der Waals surface area contributed by atoms with Gasteiger partial charge in [0.25, 0.3) is 0 Å². The van der Waals surface area contributed by atoms with E-state index in [1.54, 1.807) is 0 Å². The SMILES string of the molecule is CCC1CC(=O)C(CC)C1. The van der Waals surface area contributed by atoms with Crippen LogP contribution in [-0.4, -0.2) is 5.78 Å². The molecule has 0 bridgehead atoms. The van der Waals surface area contributed by atoms with E-state index >= 15 is 0 Å². The maximum atomic E-state index is 11.2. The first-order chi connectivity index (χ1) is 4.77. The van der Waals surface area contributed by atoms with Crippen LogP contribution in [0.3, 0.4) is 0 Å². The van der Waals surface area contributed by atoms with Crippen LogP contribution in [0, 0.1) is 11.8 Å². The van der Waals surface area contributed by atoms with Gasteiger partial charge in [-0.2, -0.15) is 0 Å². The number of hydrogen-bond donors (Lipinski definition) is 0. The number of hydrogen-bond acceptors (Lipinski definition) is 1. The molecule has 0 heterocycles. The van der Waals surface area contributed by atoms with Crippen molar-refractivity contribution in [1.82, 2.24) is 0 Å². The first-order valence-corrected chi connectivity index (χ1v) is 4.30. The predicted molar refractivity (Wildman–Crippen MR) is 41.8 cm³/mol. The standard InChI is InChI=1S/C9H16O/c1-3-7-5-8(4-2)9(10)6-7/h7-8H,3-6H2,1-2H3. The summed E-state index contributed by atoms with van der Waals surface area (Å²) in [7, 11) is 0. The van der Waals surface area contributed by atoms with Gasteiger partial charge in [0.1, 0.15) is 5.78 Å². The van der Waals surface area contributed by atoms with Crippen molar-refractivity contribution in [2.75, 3.05) is 0 Å². The number of carbonyl (C=O) groups is 1. The van der Waals surface area contributed by atoms with Crippen molar-refractivity contribution in [3.63, 3.8) is 0 Å². The number of Topliss-reactive ketones (excluding diaryl/α,β-unsaturated/α-hetero) is 1. The summed E-state index contributed by atoms with van der Waals surface area (Å²) in [6.45, 7) is 4.29. The minimum atomic E-state index is 0.407. The summed E-state index contributed by atoms with van der Waals surface area (Å²) >= 11 is 0. The Morgan fingerprint density at radius 1 is 1.40 bits per heavy atom. The van der Waals surface area contributed by atoms with Crippen molar-refractivity contribution in [3.05, 3.63) is 0 Å². The Hall–Kier alpha value is -0.330. The first-order valence-electron chi connectivity index (χ1n) is 4.30. The van der Waals surface area contributed by atoms with Gasteiger partial charge in [0, 0.05) is 12.3 Å². The van der Waals surface area contributed by atoms with Gasteiger partial charge < -0.3 is 0 Å². The molecule has 1 heteroatoms. The first kappa shape index (κ1) is 7.77. The molecule has 1 rings (SSSR count). The third-order valence-electron chi connectivity index (χ3n) is 2.63. The van der Waals surface area contributed by atoms with Gasteiger partial charge in [0.2, 0.25) is 0 Å². The molecule has 1 aliphatic carbocycles. The maximum absolute atomic E-state index is 11.2. The van der Waals surface area contributed by atoms with Crippen molar-refractivity contribution in [1.29, 1.82) is 0 Å². The van der Waals surface area contributed by atoms with Gasteiger partial charge in [-0.25, -0.2) is 0 Å². The van der Waals surface area contributed by atoms with E-state index in [4.69, 9.17) is 0 Å². The van der Waals surface area contributed by atoms with Gasteiger partial charge in [0.15, 0.2) is 0 Å². The van der Waals surface area contributed by atoms with Gasteiger partial charge in [0.05, 0.1) is 0 Å². The lowest BCUT2D eigenvalue weighted by atomic mass is 10.0. The molecule has 58 valence electrons. The summed E-state index contributed by atoms with van der Waals surface area (Å²) in [5.41, 5.74) is 0. The van der Waals surface area contributed by atoms with Crippen LogP contribution in [0.1, 0.15) is 39.5 Å². The molecule has 1 nitrogen and oxygen atoms in total. The highest BCUT2D eigenvalue weighted by Gasteiger charge is 2.29. The van der Waals surface area contributed by atoms with E-state index in [0.29, 0.717) is 17.6 Å². The Labute approximate surface area is 62.8 Å². The zero-order chi connectivity index (χ0) is 7.56. The zero-order valence-corrected chi connectivity index (χ0v) is 6.89. The lowest BCUT2D eigenvalue weighted by Gasteiger charge is -2.03. The Morgan fingerprint density at radius 3 is 2.40 bits per heavy atom. The molecular weight excluding hydrogens is 124 g/mol. The van der Waals surface area contributed by atoms with Crippen molar-refractivity contribution in [2.24, 2.45) is 11.8 Å². The molecule has 0 aromatic carbocycles. The highest BCUT2D eigenvalue weighted by molar-refractivity contribution is 5.83. The fourth-order valence-corrected chi connectivity index (χ4v) is 1.77. The summed E-state index contributed by atoms with van der Waals surface area (Å²) in [5.74, 6) is 1.62. The van der Waals surface area contributed by atoms with Gasteiger partial charge in [-0.1, -0.05) is 20.3 Å². The van der Waals surface area contributed by atoms with Gasteiger partial charge >= 0.3 is 0 Å². The fraction of sp³-hybridized carbons (Fsp3) is 0.889. The maximum Gasteiger partial charge on any atom is 0.136 e. The van der Waals surface area contributed by atoms with Gasteiger partial charge in [-0.3, -0.25) is 4.79 Å². The number of rotatable bonds is 2. The molecular formula is C9H16O. The summed E-state index contributed by atoms with van der Waals surface area (Å²) in [5, 5.41) is 0. The van der Waals surface area contributed by atoms with E-state index in [-0.39, 0.29) is 0 Å². The van der Waals surface area contributed by atoms with Crippen LogP contribution in [0.5, 0.6) is 0 Å². The Balaban J connectivity index is 2.44. The molecule has 0 radical (unpaired) electrons. The minimum absolute atomic E-state index is 0.407. The second-order valence-electron chi connectivity index (χ2n) is 3.29. The lowest BCUT2D eigenvalue weighted by Crippen LogP contribution is -2.03. The zero-order valence-electron chi connectivity index (χ0n) is 6.89. The van der Waals surface area contributed by atoms with Crippen molar-refractivity contribution >= 4 is 5.78 Å². The predicted octanol–water partition coefficient (Wildman–Crippen LogP) is 2.40. The van der Waals surface area contributed by atoms with Crippen LogP contribution in [0.15, 0.2) is 0 Å². The average Bonchev–Trinajstić information content (AvgIpc) is 2.30. The van der Waals surface area contributed by atoms with Crippen LogP contribution in [0.2, 0.25) is 0 Å². The highest BCUT2D eigenvalue weighted by Crippen LogP contribution is 2.31. The van der Waals surface area contributed by atoms with E-state index in [1.165, 1.54) is 6.42 Å². The molecule has 0 spiro atoms. The van der Waals surface area contributed by atoms with Crippen LogP contribution >= 0.6 is 0 Å². The smallest absolute Gasteiger partial charge is 0.136 e. The topological polar surface area (TPSA) is 17.1 Å². The van der Waals surface area contributed by atoms with Crippen LogP contribution in [-0.2, 0) is 4.79 Å². The minimum Gasteiger partial charge on any atom is -0.299 e. The van der Waals surface area contributed by atoms with E-state index in [1.807, 2.05) is 0 Å². The third-order valence-corrected chi connectivity index (χ3v) is 2.63. The summed E-state index contributed by atoms with van der Waals surface area (Å²) < 4.78 is 0. The quantitative estimate of drug-likeness (QED) is 0.575. The molecule has 0 amide bonds. The average molecular weight is 140 g/mol. The molecule has 0 N–H and O–H groups in total. The molecule has 0 aromatic rings. The third kappa shape index (κ3) is 1.39. The molecule has 2 atom stereocenters. The molecule has 1 aliphatic rings. The molecule has 2 unspecified atom stereocenters. The van der Waals surface area contributed by atoms with E-state index in [2.05, 4.69) is 13.8 Å². The molecule has 0 saturated heterocycles. The Bertz CT molecular complexity index is 129. The van der Waals surface area contributed by atoms with E-state index in [9.17, 15) is 4.79 Å². The van der Waals surface area contributed by atoms with Gasteiger partial charge in [-0.15, -0.1) is 0 Å². The molecule has 0 aliphatic heterocycles. The fourth-order valence-electron chi connectivity index (χ4n) is 1.77. The molecule has 0 aromatic heterocycles. The van der Waals surface area contributed by atoms with E-state index < -0.39 is 0 Å². The molecule has 1 saturated carbocycles. The second-order valence-corrected chi connectivity index (χ2v) is 3.29. The normalized spacial score (nSPS) is 33.2. The highest BCUT2D eigenvalue weighted by atomic mass is 16.1. The van der Waals surface area contributed by atoms with Crippen molar-refractivity contribution in [2.45, 2.75) is 39.5 Å². The second kappa shape index (κ2) is 3.18. The monoisotopic (exact) mass is 140 g/mol. The Kier molecular flexibility index (Phi) is 2.47. The Morgan fingerprint density at radius 2 is 2.10 bits per heavy atom. The molecule has 1 fully saturated rings. The summed E-state index contributed by atoms with van der Waals surface area (Å²) in [4.78, 5) is 11.2. The van der Waals surface area contributed by atoms with Gasteiger partial charge in [-0.05, 0) is 18.8 Å².